The summed E-state index contributed by atoms with van der Waals surface area (Å²) in [6, 6.07) is 10.8. The van der Waals surface area contributed by atoms with Gasteiger partial charge in [0.15, 0.2) is 0 Å². The number of hydrogen-bond donors (Lipinski definition) is 1. The van der Waals surface area contributed by atoms with Crippen molar-refractivity contribution in [2.45, 2.75) is 32.4 Å². The van der Waals surface area contributed by atoms with Crippen molar-refractivity contribution < 1.29 is 23.1 Å². The maximum atomic E-state index is 14.6. The van der Waals surface area contributed by atoms with Gasteiger partial charge in [0.05, 0.1) is 18.4 Å². The largest absolute Gasteiger partial charge is 0.383 e. The molecule has 0 saturated heterocycles. The molecule has 1 N–H and O–H groups in total. The molecule has 0 aliphatic carbocycles. The molecule has 9 heteroatoms. The number of nitrogens with zero attached hydrogens (tertiary/aromatic N) is 3. The summed E-state index contributed by atoms with van der Waals surface area (Å²) in [5.41, 5.74) is 1.50. The van der Waals surface area contributed by atoms with E-state index in [1.54, 1.807) is 30.3 Å². The highest BCUT2D eigenvalue weighted by molar-refractivity contribution is 6.03. The standard InChI is InChI=1S/C24H28F2N4O3/c1-16(2)27-24(32)29(12-13-33-3)15-23(31)30-22(19-6-4-5-7-20(19)26)14-21(28-30)17-8-10-18(25)11-9-17/h4-11,16,22H,12-15H2,1-3H3,(H,27,32)/t22-/m1/s1. The van der Waals surface area contributed by atoms with E-state index in [2.05, 4.69) is 10.4 Å². The van der Waals surface area contributed by atoms with Gasteiger partial charge in [-0.15, -0.1) is 0 Å². The monoisotopic (exact) mass is 458 g/mol. The fourth-order valence-corrected chi connectivity index (χ4v) is 3.57. The summed E-state index contributed by atoms with van der Waals surface area (Å²) >= 11 is 0. The van der Waals surface area contributed by atoms with Crippen LogP contribution in [-0.4, -0.2) is 60.4 Å². The fraction of sp³-hybridized carbons (Fsp3) is 0.375. The van der Waals surface area contributed by atoms with E-state index in [0.717, 1.165) is 0 Å². The van der Waals surface area contributed by atoms with Crippen molar-refractivity contribution in [3.8, 4) is 0 Å². The van der Waals surface area contributed by atoms with Crippen LogP contribution in [0.15, 0.2) is 53.6 Å². The van der Waals surface area contributed by atoms with Crippen molar-refractivity contribution in [2.24, 2.45) is 5.10 Å². The summed E-state index contributed by atoms with van der Waals surface area (Å²) in [4.78, 5) is 27.2. The highest BCUT2D eigenvalue weighted by Gasteiger charge is 2.35. The second-order valence-electron chi connectivity index (χ2n) is 8.05. The number of rotatable bonds is 8. The van der Waals surface area contributed by atoms with Crippen LogP contribution in [0.3, 0.4) is 0 Å². The van der Waals surface area contributed by atoms with Crippen molar-refractivity contribution in [1.82, 2.24) is 15.2 Å². The quantitative estimate of drug-likeness (QED) is 0.656. The van der Waals surface area contributed by atoms with Crippen molar-refractivity contribution in [1.29, 1.82) is 0 Å². The Hall–Kier alpha value is -3.33. The molecule has 0 bridgehead atoms. The van der Waals surface area contributed by atoms with E-state index in [4.69, 9.17) is 4.74 Å². The van der Waals surface area contributed by atoms with Gasteiger partial charge < -0.3 is 15.0 Å². The van der Waals surface area contributed by atoms with Gasteiger partial charge in [-0.25, -0.2) is 18.6 Å². The minimum absolute atomic E-state index is 0.112. The molecule has 0 unspecified atom stereocenters. The molecule has 0 radical (unpaired) electrons. The van der Waals surface area contributed by atoms with Crippen LogP contribution in [0, 0.1) is 11.6 Å². The summed E-state index contributed by atoms with van der Waals surface area (Å²) in [5.74, 6) is -1.30. The van der Waals surface area contributed by atoms with E-state index >= 15 is 0 Å². The second-order valence-corrected chi connectivity index (χ2v) is 8.05. The minimum atomic E-state index is -0.684. The number of carbonyl (C=O) groups excluding carboxylic acids is 2. The third-order valence-corrected chi connectivity index (χ3v) is 5.20. The number of hydrazone groups is 1. The zero-order valence-corrected chi connectivity index (χ0v) is 18.9. The first-order valence-electron chi connectivity index (χ1n) is 10.7. The summed E-state index contributed by atoms with van der Waals surface area (Å²) in [6.45, 7) is 3.84. The maximum Gasteiger partial charge on any atom is 0.318 e. The normalized spacial score (nSPS) is 15.5. The lowest BCUT2D eigenvalue weighted by molar-refractivity contribution is -0.133. The predicted molar refractivity (Wildman–Crippen MR) is 121 cm³/mol. The third-order valence-electron chi connectivity index (χ3n) is 5.20. The van der Waals surface area contributed by atoms with Crippen LogP contribution in [0.5, 0.6) is 0 Å². The van der Waals surface area contributed by atoms with E-state index < -0.39 is 23.8 Å². The molecule has 176 valence electrons. The first kappa shape index (κ1) is 24.3. The number of methoxy groups -OCH3 is 1. The summed E-state index contributed by atoms with van der Waals surface area (Å²) in [5, 5.41) is 8.45. The molecule has 0 saturated carbocycles. The molecule has 0 aromatic heterocycles. The van der Waals surface area contributed by atoms with E-state index in [9.17, 15) is 18.4 Å². The predicted octanol–water partition coefficient (Wildman–Crippen LogP) is 3.71. The number of benzene rings is 2. The third kappa shape index (κ3) is 6.13. The van der Waals surface area contributed by atoms with Gasteiger partial charge in [0.2, 0.25) is 0 Å². The Morgan fingerprint density at radius 3 is 2.52 bits per heavy atom. The van der Waals surface area contributed by atoms with Gasteiger partial charge in [0.1, 0.15) is 18.2 Å². The molecule has 7 nitrogen and oxygen atoms in total. The van der Waals surface area contributed by atoms with Crippen LogP contribution >= 0.6 is 0 Å². The average Bonchev–Trinajstić information content (AvgIpc) is 3.22. The smallest absolute Gasteiger partial charge is 0.318 e. The lowest BCUT2D eigenvalue weighted by atomic mass is 9.98. The van der Waals surface area contributed by atoms with Crippen molar-refractivity contribution in [3.63, 3.8) is 0 Å². The molecular formula is C24H28F2N4O3. The van der Waals surface area contributed by atoms with Gasteiger partial charge in [0.25, 0.3) is 5.91 Å². The Morgan fingerprint density at radius 2 is 1.88 bits per heavy atom. The second kappa shape index (κ2) is 11.0. The van der Waals surface area contributed by atoms with Gasteiger partial charge in [0, 0.05) is 31.7 Å². The first-order valence-corrected chi connectivity index (χ1v) is 10.7. The molecule has 1 atom stereocenters. The first-order chi connectivity index (χ1) is 15.8. The SMILES string of the molecule is COCCN(CC(=O)N1N=C(c2ccc(F)cc2)C[C@@H]1c1ccccc1F)C(=O)NC(C)C. The minimum Gasteiger partial charge on any atom is -0.383 e. The van der Waals surface area contributed by atoms with Gasteiger partial charge in [-0.3, -0.25) is 4.79 Å². The number of ether oxygens (including phenoxy) is 1. The number of urea groups is 1. The van der Waals surface area contributed by atoms with Crippen LogP contribution in [0.1, 0.15) is 37.4 Å². The maximum absolute atomic E-state index is 14.6. The van der Waals surface area contributed by atoms with E-state index in [1.165, 1.54) is 35.2 Å². The van der Waals surface area contributed by atoms with Crippen LogP contribution in [0.25, 0.3) is 0 Å². The zero-order chi connectivity index (χ0) is 24.0. The summed E-state index contributed by atoms with van der Waals surface area (Å²) in [6.07, 6.45) is 0.258. The molecule has 3 amide bonds. The Bertz CT molecular complexity index is 1010. The molecular weight excluding hydrogens is 430 g/mol. The molecule has 1 aliphatic heterocycles. The Kier molecular flexibility index (Phi) is 8.11. The molecule has 1 aliphatic rings. The van der Waals surface area contributed by atoms with E-state index in [-0.39, 0.29) is 38.0 Å². The molecule has 2 aromatic carbocycles. The van der Waals surface area contributed by atoms with E-state index in [1.807, 2.05) is 13.8 Å². The Morgan fingerprint density at radius 1 is 1.18 bits per heavy atom. The van der Waals surface area contributed by atoms with Crippen LogP contribution in [0.4, 0.5) is 13.6 Å². The van der Waals surface area contributed by atoms with Crippen LogP contribution in [-0.2, 0) is 9.53 Å². The summed E-state index contributed by atoms with van der Waals surface area (Å²) in [7, 11) is 1.51. The number of halogens is 2. The van der Waals surface area contributed by atoms with E-state index in [0.29, 0.717) is 16.8 Å². The van der Waals surface area contributed by atoms with Crippen molar-refractivity contribution in [2.75, 3.05) is 26.8 Å². The molecule has 2 aromatic rings. The number of nitrogens with one attached hydrogen (secondary N) is 1. The lowest BCUT2D eigenvalue weighted by Gasteiger charge is -2.27. The fourth-order valence-electron chi connectivity index (χ4n) is 3.57. The molecule has 0 fully saturated rings. The van der Waals surface area contributed by atoms with Gasteiger partial charge in [-0.2, -0.15) is 5.10 Å². The topological polar surface area (TPSA) is 74.2 Å². The van der Waals surface area contributed by atoms with Crippen LogP contribution < -0.4 is 5.32 Å². The van der Waals surface area contributed by atoms with Crippen molar-refractivity contribution >= 4 is 17.6 Å². The molecule has 0 spiro atoms. The van der Waals surface area contributed by atoms with Gasteiger partial charge in [-0.05, 0) is 37.6 Å². The molecule has 3 rings (SSSR count). The summed E-state index contributed by atoms with van der Waals surface area (Å²) < 4.78 is 33.1. The van der Waals surface area contributed by atoms with Gasteiger partial charge in [-0.1, -0.05) is 30.3 Å². The highest BCUT2D eigenvalue weighted by atomic mass is 19.1. The number of amides is 3. The average molecular weight is 459 g/mol. The Balaban J connectivity index is 1.89. The Labute approximate surface area is 192 Å². The number of carbonyl (C=O) groups is 2. The highest BCUT2D eigenvalue weighted by Crippen LogP contribution is 2.34. The molecule has 1 heterocycles. The van der Waals surface area contributed by atoms with Crippen LogP contribution in [0.2, 0.25) is 0 Å². The lowest BCUT2D eigenvalue weighted by Crippen LogP contribution is -2.48. The molecule has 33 heavy (non-hydrogen) atoms. The number of hydrogen-bond acceptors (Lipinski definition) is 4. The van der Waals surface area contributed by atoms with Gasteiger partial charge >= 0.3 is 6.03 Å². The van der Waals surface area contributed by atoms with Crippen molar-refractivity contribution in [3.05, 3.63) is 71.3 Å². The zero-order valence-electron chi connectivity index (χ0n) is 18.9.